The van der Waals surface area contributed by atoms with Crippen molar-refractivity contribution in [2.45, 2.75) is 31.2 Å². The van der Waals surface area contributed by atoms with Crippen molar-refractivity contribution in [3.05, 3.63) is 24.3 Å². The molecule has 0 aliphatic heterocycles. The molecule has 0 spiro atoms. The molecule has 0 aromatic heterocycles. The van der Waals surface area contributed by atoms with Crippen molar-refractivity contribution < 1.29 is 4.79 Å². The number of amides is 1. The summed E-state index contributed by atoms with van der Waals surface area (Å²) in [6.45, 7) is 5.73. The molecule has 0 saturated heterocycles. The van der Waals surface area contributed by atoms with Crippen LogP contribution in [0.15, 0.2) is 29.2 Å². The van der Waals surface area contributed by atoms with E-state index in [1.807, 2.05) is 44.4 Å². The van der Waals surface area contributed by atoms with Gasteiger partial charge in [0.25, 0.3) is 0 Å². The van der Waals surface area contributed by atoms with Crippen LogP contribution in [0, 0.1) is 17.2 Å². The molecule has 2 N–H and O–H groups in total. The summed E-state index contributed by atoms with van der Waals surface area (Å²) in [6, 6.07) is 9.98. The Bertz CT molecular complexity index is 510. The van der Waals surface area contributed by atoms with Gasteiger partial charge < -0.3 is 10.6 Å². The van der Waals surface area contributed by atoms with E-state index >= 15 is 0 Å². The maximum atomic E-state index is 12.0. The third-order valence-corrected chi connectivity index (χ3v) is 4.13. The molecule has 0 radical (unpaired) electrons. The highest BCUT2D eigenvalue weighted by Gasteiger charge is 2.29. The fourth-order valence-corrected chi connectivity index (χ4v) is 2.18. The van der Waals surface area contributed by atoms with E-state index in [1.54, 1.807) is 18.7 Å². The smallest absolute Gasteiger partial charge is 0.240 e. The van der Waals surface area contributed by atoms with E-state index in [4.69, 9.17) is 0 Å². The zero-order valence-corrected chi connectivity index (χ0v) is 13.2. The lowest BCUT2D eigenvalue weighted by Crippen LogP contribution is -2.50. The van der Waals surface area contributed by atoms with Crippen molar-refractivity contribution in [3.8, 4) is 6.07 Å². The quantitative estimate of drug-likeness (QED) is 0.791. The number of hydrogen-bond acceptors (Lipinski definition) is 4. The molecule has 0 bridgehead atoms. The fourth-order valence-electron chi connectivity index (χ4n) is 1.60. The molecule has 0 saturated carbocycles. The topological polar surface area (TPSA) is 64.9 Å². The standard InChI is InChI=1S/C15H21N3OS/c1-11(2)15(3,10-16)18-14(19)9-17-12-7-5-6-8-13(12)20-4/h5-8,11,17H,9H2,1-4H3,(H,18,19). The molecule has 1 amide bonds. The normalized spacial score (nSPS) is 13.4. The maximum Gasteiger partial charge on any atom is 0.240 e. The van der Waals surface area contributed by atoms with E-state index in [0.717, 1.165) is 10.6 Å². The van der Waals surface area contributed by atoms with Crippen LogP contribution in [0.4, 0.5) is 5.69 Å². The highest BCUT2D eigenvalue weighted by molar-refractivity contribution is 7.98. The SMILES string of the molecule is CSc1ccccc1NCC(=O)NC(C)(C#N)C(C)C. The lowest BCUT2D eigenvalue weighted by atomic mass is 9.90. The van der Waals surface area contributed by atoms with Crippen LogP contribution in [0.3, 0.4) is 0 Å². The van der Waals surface area contributed by atoms with E-state index in [2.05, 4.69) is 16.7 Å². The van der Waals surface area contributed by atoms with E-state index in [9.17, 15) is 10.1 Å². The molecule has 0 aliphatic carbocycles. The number of para-hydroxylation sites is 1. The van der Waals surface area contributed by atoms with Gasteiger partial charge in [-0.25, -0.2) is 0 Å². The van der Waals surface area contributed by atoms with Gasteiger partial charge in [0.1, 0.15) is 5.54 Å². The fraction of sp³-hybridized carbons (Fsp3) is 0.467. The molecule has 1 atom stereocenters. The number of carbonyl (C=O) groups excluding carboxylic acids is 1. The summed E-state index contributed by atoms with van der Waals surface area (Å²) in [5.74, 6) is -0.131. The molecule has 108 valence electrons. The minimum atomic E-state index is -0.836. The number of nitrogens with zero attached hydrogens (tertiary/aromatic N) is 1. The zero-order valence-electron chi connectivity index (χ0n) is 12.4. The summed E-state index contributed by atoms with van der Waals surface area (Å²) in [7, 11) is 0. The van der Waals surface area contributed by atoms with Gasteiger partial charge in [0.15, 0.2) is 0 Å². The third kappa shape index (κ3) is 4.17. The van der Waals surface area contributed by atoms with Crippen molar-refractivity contribution in [1.29, 1.82) is 5.26 Å². The summed E-state index contributed by atoms with van der Waals surface area (Å²) in [5, 5.41) is 15.1. The Hall–Kier alpha value is -1.67. The van der Waals surface area contributed by atoms with Gasteiger partial charge in [0.2, 0.25) is 5.91 Å². The molecule has 4 nitrogen and oxygen atoms in total. The largest absolute Gasteiger partial charge is 0.375 e. The van der Waals surface area contributed by atoms with Crippen LogP contribution in [0.5, 0.6) is 0 Å². The van der Waals surface area contributed by atoms with Crippen LogP contribution in [0.2, 0.25) is 0 Å². The minimum absolute atomic E-state index is 0.0509. The van der Waals surface area contributed by atoms with Crippen LogP contribution < -0.4 is 10.6 Å². The number of hydrogen-bond donors (Lipinski definition) is 2. The van der Waals surface area contributed by atoms with Gasteiger partial charge >= 0.3 is 0 Å². The molecule has 1 rings (SSSR count). The van der Waals surface area contributed by atoms with Crippen molar-refractivity contribution in [2.24, 2.45) is 5.92 Å². The van der Waals surface area contributed by atoms with Crippen molar-refractivity contribution >= 4 is 23.4 Å². The first-order valence-corrected chi connectivity index (χ1v) is 7.74. The number of nitrogens with one attached hydrogen (secondary N) is 2. The number of rotatable bonds is 6. The first kappa shape index (κ1) is 16.4. The maximum absolute atomic E-state index is 12.0. The van der Waals surface area contributed by atoms with Crippen LogP contribution >= 0.6 is 11.8 Å². The van der Waals surface area contributed by atoms with Gasteiger partial charge in [-0.2, -0.15) is 5.26 Å². The van der Waals surface area contributed by atoms with Gasteiger partial charge in [-0.3, -0.25) is 4.79 Å². The van der Waals surface area contributed by atoms with E-state index < -0.39 is 5.54 Å². The third-order valence-electron chi connectivity index (χ3n) is 3.33. The monoisotopic (exact) mass is 291 g/mol. The highest BCUT2D eigenvalue weighted by atomic mass is 32.2. The molecule has 20 heavy (non-hydrogen) atoms. The number of carbonyl (C=O) groups is 1. The lowest BCUT2D eigenvalue weighted by molar-refractivity contribution is -0.121. The molecular weight excluding hydrogens is 270 g/mol. The minimum Gasteiger partial charge on any atom is -0.375 e. The van der Waals surface area contributed by atoms with E-state index in [1.165, 1.54) is 0 Å². The summed E-state index contributed by atoms with van der Waals surface area (Å²) in [5.41, 5.74) is 0.0935. The molecule has 5 heteroatoms. The average molecular weight is 291 g/mol. The molecule has 1 unspecified atom stereocenters. The molecule has 1 aromatic carbocycles. The second kappa shape index (κ2) is 7.20. The molecule has 0 heterocycles. The number of nitriles is 1. The van der Waals surface area contributed by atoms with Crippen molar-refractivity contribution in [3.63, 3.8) is 0 Å². The van der Waals surface area contributed by atoms with Crippen molar-refractivity contribution in [2.75, 3.05) is 18.1 Å². The molecule has 1 aromatic rings. The Labute approximate surface area is 124 Å². The Balaban J connectivity index is 2.62. The van der Waals surface area contributed by atoms with Gasteiger partial charge in [0, 0.05) is 10.6 Å². The second-order valence-corrected chi connectivity index (χ2v) is 5.92. The van der Waals surface area contributed by atoms with Crippen LogP contribution in [0.1, 0.15) is 20.8 Å². The number of anilines is 1. The first-order valence-electron chi connectivity index (χ1n) is 6.52. The van der Waals surface area contributed by atoms with E-state index in [0.29, 0.717) is 0 Å². The van der Waals surface area contributed by atoms with E-state index in [-0.39, 0.29) is 18.4 Å². The Morgan fingerprint density at radius 1 is 1.45 bits per heavy atom. The Kier molecular flexibility index (Phi) is 5.90. The Morgan fingerprint density at radius 2 is 2.10 bits per heavy atom. The summed E-state index contributed by atoms with van der Waals surface area (Å²) in [4.78, 5) is 13.1. The van der Waals surface area contributed by atoms with Crippen molar-refractivity contribution in [1.82, 2.24) is 5.32 Å². The van der Waals surface area contributed by atoms with Gasteiger partial charge in [0.05, 0.1) is 12.6 Å². The summed E-state index contributed by atoms with van der Waals surface area (Å²) < 4.78 is 0. The van der Waals surface area contributed by atoms with Gasteiger partial charge in [-0.15, -0.1) is 11.8 Å². The predicted molar refractivity (Wildman–Crippen MR) is 83.7 cm³/mol. The predicted octanol–water partition coefficient (Wildman–Crippen LogP) is 2.87. The molecule has 0 aliphatic rings. The number of thioether (sulfide) groups is 1. The van der Waals surface area contributed by atoms with Crippen LogP contribution in [-0.4, -0.2) is 24.2 Å². The highest BCUT2D eigenvalue weighted by Crippen LogP contribution is 2.24. The summed E-state index contributed by atoms with van der Waals surface area (Å²) in [6.07, 6.45) is 1.99. The van der Waals surface area contributed by atoms with Crippen LogP contribution in [-0.2, 0) is 4.79 Å². The average Bonchev–Trinajstić information content (AvgIpc) is 2.45. The second-order valence-electron chi connectivity index (χ2n) is 5.07. The van der Waals surface area contributed by atoms with Gasteiger partial charge in [-0.1, -0.05) is 26.0 Å². The molecule has 0 fully saturated rings. The zero-order chi connectivity index (χ0) is 15.2. The first-order chi connectivity index (χ1) is 9.42. The van der Waals surface area contributed by atoms with Gasteiger partial charge in [-0.05, 0) is 31.2 Å². The number of benzene rings is 1. The van der Waals surface area contributed by atoms with Crippen LogP contribution in [0.25, 0.3) is 0 Å². The lowest BCUT2D eigenvalue weighted by Gasteiger charge is -2.27. The molecular formula is C15H21N3OS. The Morgan fingerprint density at radius 3 is 2.65 bits per heavy atom. The summed E-state index contributed by atoms with van der Waals surface area (Å²) >= 11 is 1.62.